The molecule has 1 fully saturated rings. The van der Waals surface area contributed by atoms with Crippen molar-refractivity contribution in [2.24, 2.45) is 0 Å². The fourth-order valence-electron chi connectivity index (χ4n) is 3.85. The molecule has 0 bridgehead atoms. The van der Waals surface area contributed by atoms with Gasteiger partial charge in [-0.2, -0.15) is 0 Å². The van der Waals surface area contributed by atoms with Crippen molar-refractivity contribution in [3.05, 3.63) is 78.6 Å². The number of ether oxygens (including phenoxy) is 3. The number of carbonyl (C=O) groups is 2. The van der Waals surface area contributed by atoms with Crippen LogP contribution in [0.15, 0.2) is 72.9 Å². The summed E-state index contributed by atoms with van der Waals surface area (Å²) >= 11 is 0. The number of carbonyl (C=O) groups excluding carboxylic acids is 2. The van der Waals surface area contributed by atoms with E-state index in [0.717, 1.165) is 18.6 Å². The number of aromatic nitrogens is 1. The van der Waals surface area contributed by atoms with Gasteiger partial charge in [-0.05, 0) is 61.4 Å². The number of para-hydroxylation sites is 1. The molecule has 7 heteroatoms. The van der Waals surface area contributed by atoms with E-state index in [-0.39, 0.29) is 24.5 Å². The number of piperidine rings is 1. The molecule has 1 aliphatic heterocycles. The molecule has 1 amide bonds. The van der Waals surface area contributed by atoms with Crippen LogP contribution in [-0.2, 0) is 9.53 Å². The van der Waals surface area contributed by atoms with Gasteiger partial charge in [-0.15, -0.1) is 0 Å². The van der Waals surface area contributed by atoms with Gasteiger partial charge in [0.1, 0.15) is 22.9 Å². The van der Waals surface area contributed by atoms with Gasteiger partial charge in [-0.1, -0.05) is 18.2 Å². The average molecular weight is 434 g/mol. The van der Waals surface area contributed by atoms with Crippen LogP contribution < -0.4 is 9.47 Å². The van der Waals surface area contributed by atoms with Crippen LogP contribution in [0.2, 0.25) is 0 Å². The van der Waals surface area contributed by atoms with Gasteiger partial charge < -0.3 is 23.7 Å². The minimum atomic E-state index is -0.345. The van der Waals surface area contributed by atoms with Gasteiger partial charge in [0.2, 0.25) is 0 Å². The van der Waals surface area contributed by atoms with E-state index >= 15 is 0 Å². The normalized spacial score (nSPS) is 14.1. The van der Waals surface area contributed by atoms with E-state index in [9.17, 15) is 9.59 Å². The van der Waals surface area contributed by atoms with Crippen LogP contribution in [0.3, 0.4) is 0 Å². The smallest absolute Gasteiger partial charge is 0.354 e. The topological polar surface area (TPSA) is 70.0 Å². The maximum atomic E-state index is 12.6. The van der Waals surface area contributed by atoms with E-state index in [1.807, 2.05) is 64.2 Å². The summed E-state index contributed by atoms with van der Waals surface area (Å²) in [6.45, 7) is 1.23. The first-order chi connectivity index (χ1) is 15.6. The molecule has 0 N–H and O–H groups in total. The molecular weight excluding hydrogens is 408 g/mol. The zero-order valence-corrected chi connectivity index (χ0v) is 18.0. The van der Waals surface area contributed by atoms with Crippen LogP contribution in [0.1, 0.15) is 29.4 Å². The third-order valence-corrected chi connectivity index (χ3v) is 5.55. The molecule has 2 aromatic carbocycles. The molecule has 0 atom stereocenters. The molecule has 32 heavy (non-hydrogen) atoms. The molecular formula is C25H26N2O5. The highest BCUT2D eigenvalue weighted by Crippen LogP contribution is 2.26. The lowest BCUT2D eigenvalue weighted by atomic mass is 10.0. The standard InChI is InChI=1S/C25H26N2O5/c1-30-25(29)23-8-5-15-27(23)19-13-16-26(17-14-19)24(28)18-31-20-9-11-22(12-10-20)32-21-6-3-2-4-7-21/h2-12,15,19H,13-14,16-18H2,1H3. The van der Waals surface area contributed by atoms with Crippen LogP contribution >= 0.6 is 0 Å². The summed E-state index contributed by atoms with van der Waals surface area (Å²) < 4.78 is 18.2. The second-order valence-electron chi connectivity index (χ2n) is 7.58. The number of nitrogens with zero attached hydrogens (tertiary/aromatic N) is 2. The first-order valence-electron chi connectivity index (χ1n) is 10.6. The van der Waals surface area contributed by atoms with Gasteiger partial charge in [-0.25, -0.2) is 4.79 Å². The van der Waals surface area contributed by atoms with E-state index in [2.05, 4.69) is 0 Å². The lowest BCUT2D eigenvalue weighted by molar-refractivity contribution is -0.134. The maximum Gasteiger partial charge on any atom is 0.354 e. The molecule has 1 aliphatic rings. The molecule has 7 nitrogen and oxygen atoms in total. The number of hydrogen-bond acceptors (Lipinski definition) is 5. The highest BCUT2D eigenvalue weighted by Gasteiger charge is 2.26. The molecule has 1 saturated heterocycles. The first kappa shape index (κ1) is 21.5. The Morgan fingerprint density at radius 2 is 1.53 bits per heavy atom. The summed E-state index contributed by atoms with van der Waals surface area (Å²) in [7, 11) is 1.38. The monoisotopic (exact) mass is 434 g/mol. The highest BCUT2D eigenvalue weighted by atomic mass is 16.5. The van der Waals surface area contributed by atoms with Crippen LogP contribution in [-0.4, -0.2) is 48.1 Å². The van der Waals surface area contributed by atoms with Crippen LogP contribution in [0, 0.1) is 0 Å². The van der Waals surface area contributed by atoms with Crippen molar-refractivity contribution < 1.29 is 23.8 Å². The molecule has 0 saturated carbocycles. The van der Waals surface area contributed by atoms with Crippen molar-refractivity contribution in [2.45, 2.75) is 18.9 Å². The van der Waals surface area contributed by atoms with Crippen molar-refractivity contribution in [3.63, 3.8) is 0 Å². The number of rotatable bonds is 7. The Hall–Kier alpha value is -3.74. The Morgan fingerprint density at radius 3 is 2.22 bits per heavy atom. The van der Waals surface area contributed by atoms with Crippen LogP contribution in [0.5, 0.6) is 17.2 Å². The number of hydrogen-bond donors (Lipinski definition) is 0. The van der Waals surface area contributed by atoms with Gasteiger partial charge in [-0.3, -0.25) is 4.79 Å². The molecule has 0 spiro atoms. The molecule has 166 valence electrons. The SMILES string of the molecule is COC(=O)c1cccn1C1CCN(C(=O)COc2ccc(Oc3ccccc3)cc2)CC1. The fraction of sp³-hybridized carbons (Fsp3) is 0.280. The van der Waals surface area contributed by atoms with Gasteiger partial charge >= 0.3 is 5.97 Å². The predicted octanol–water partition coefficient (Wildman–Crippen LogP) is 4.31. The summed E-state index contributed by atoms with van der Waals surface area (Å²) in [5, 5.41) is 0. The van der Waals surface area contributed by atoms with Gasteiger partial charge in [0, 0.05) is 25.3 Å². The molecule has 0 unspecified atom stereocenters. The van der Waals surface area contributed by atoms with E-state index < -0.39 is 0 Å². The summed E-state index contributed by atoms with van der Waals surface area (Å²) in [6, 6.07) is 20.5. The molecule has 0 aliphatic carbocycles. The second kappa shape index (κ2) is 10.0. The summed E-state index contributed by atoms with van der Waals surface area (Å²) in [5.74, 6) is 1.69. The summed E-state index contributed by atoms with van der Waals surface area (Å²) in [4.78, 5) is 26.3. The minimum absolute atomic E-state index is 0.0134. The quantitative estimate of drug-likeness (QED) is 0.519. The van der Waals surface area contributed by atoms with E-state index in [1.165, 1.54) is 7.11 Å². The predicted molar refractivity (Wildman–Crippen MR) is 119 cm³/mol. The summed E-state index contributed by atoms with van der Waals surface area (Å²) in [5.41, 5.74) is 0.542. The Kier molecular flexibility index (Phi) is 6.75. The maximum absolute atomic E-state index is 12.6. The highest BCUT2D eigenvalue weighted by molar-refractivity contribution is 5.87. The second-order valence-corrected chi connectivity index (χ2v) is 7.58. The first-order valence-corrected chi connectivity index (χ1v) is 10.6. The molecule has 2 heterocycles. The van der Waals surface area contributed by atoms with Crippen LogP contribution in [0.25, 0.3) is 0 Å². The Labute approximate surface area is 187 Å². The van der Waals surface area contributed by atoms with Crippen molar-refractivity contribution in [1.82, 2.24) is 9.47 Å². The summed E-state index contributed by atoms with van der Waals surface area (Å²) in [6.07, 6.45) is 3.44. The lowest BCUT2D eigenvalue weighted by Gasteiger charge is -2.33. The Bertz CT molecular complexity index is 1040. The average Bonchev–Trinajstić information content (AvgIpc) is 3.34. The largest absolute Gasteiger partial charge is 0.484 e. The number of methoxy groups -OCH3 is 1. The Morgan fingerprint density at radius 1 is 0.875 bits per heavy atom. The van der Waals surface area contributed by atoms with E-state index in [4.69, 9.17) is 14.2 Å². The van der Waals surface area contributed by atoms with Crippen molar-refractivity contribution in [3.8, 4) is 17.2 Å². The fourth-order valence-corrected chi connectivity index (χ4v) is 3.85. The number of amides is 1. The number of benzene rings is 2. The van der Waals surface area contributed by atoms with Crippen molar-refractivity contribution in [2.75, 3.05) is 26.8 Å². The van der Waals surface area contributed by atoms with Gasteiger partial charge in [0.15, 0.2) is 6.61 Å². The molecule has 0 radical (unpaired) electrons. The molecule has 4 rings (SSSR count). The van der Waals surface area contributed by atoms with E-state index in [1.54, 1.807) is 18.2 Å². The zero-order valence-electron chi connectivity index (χ0n) is 18.0. The van der Waals surface area contributed by atoms with Crippen molar-refractivity contribution in [1.29, 1.82) is 0 Å². The lowest BCUT2D eigenvalue weighted by Crippen LogP contribution is -2.41. The number of esters is 1. The molecule has 1 aromatic heterocycles. The molecule has 3 aromatic rings. The number of likely N-dealkylation sites (tertiary alicyclic amines) is 1. The van der Waals surface area contributed by atoms with Crippen molar-refractivity contribution >= 4 is 11.9 Å². The van der Waals surface area contributed by atoms with E-state index in [0.29, 0.717) is 30.3 Å². The third kappa shape index (κ3) is 5.11. The van der Waals surface area contributed by atoms with Gasteiger partial charge in [0.05, 0.1) is 7.11 Å². The zero-order chi connectivity index (χ0) is 22.3. The van der Waals surface area contributed by atoms with Crippen LogP contribution in [0.4, 0.5) is 0 Å². The van der Waals surface area contributed by atoms with Gasteiger partial charge in [0.25, 0.3) is 5.91 Å². The third-order valence-electron chi connectivity index (χ3n) is 5.55. The Balaban J connectivity index is 1.25. The minimum Gasteiger partial charge on any atom is -0.484 e.